The van der Waals surface area contributed by atoms with Gasteiger partial charge >= 0.3 is 0 Å². The van der Waals surface area contributed by atoms with E-state index in [1.807, 2.05) is 77.6 Å². The Labute approximate surface area is 174 Å². The van der Waals surface area contributed by atoms with Gasteiger partial charge in [-0.15, -0.1) is 0 Å². The Morgan fingerprint density at radius 1 is 0.833 bits per heavy atom. The zero-order valence-electron chi connectivity index (χ0n) is 16.7. The number of ether oxygens (including phenoxy) is 2. The first-order valence-electron chi connectivity index (χ1n) is 9.91. The van der Waals surface area contributed by atoms with Gasteiger partial charge in [-0.25, -0.2) is 0 Å². The normalized spacial score (nSPS) is 11.1. The topological polar surface area (TPSA) is 49.2 Å². The standard InChI is InChI=1S/C25H21N3O2/c1-29-20-13-11-19(12-14-20)28-25(30-16-15-18-7-3-2-4-8-18)22-17-26-23-10-6-5-9-21(23)24(22)27-28/h2-14,17H,15-16H2,1H3. The first kappa shape index (κ1) is 18.2. The van der Waals surface area contributed by atoms with Crippen molar-refractivity contribution in [3.05, 3.63) is 90.6 Å². The van der Waals surface area contributed by atoms with Gasteiger partial charge in [0, 0.05) is 18.0 Å². The van der Waals surface area contributed by atoms with Crippen molar-refractivity contribution in [1.82, 2.24) is 14.8 Å². The summed E-state index contributed by atoms with van der Waals surface area (Å²) in [7, 11) is 1.66. The Bertz CT molecular complexity index is 1300. The minimum atomic E-state index is 0.549. The molecule has 3 aromatic carbocycles. The van der Waals surface area contributed by atoms with Crippen LogP contribution in [0.1, 0.15) is 5.56 Å². The quantitative estimate of drug-likeness (QED) is 0.396. The molecule has 148 valence electrons. The Hall–Kier alpha value is -3.86. The van der Waals surface area contributed by atoms with Crippen molar-refractivity contribution in [2.45, 2.75) is 6.42 Å². The number of fused-ring (bicyclic) bond motifs is 3. The monoisotopic (exact) mass is 395 g/mol. The van der Waals surface area contributed by atoms with Crippen LogP contribution in [0.3, 0.4) is 0 Å². The third-order valence-corrected chi connectivity index (χ3v) is 5.16. The number of hydrogen-bond donors (Lipinski definition) is 0. The molecule has 0 aliphatic heterocycles. The third-order valence-electron chi connectivity index (χ3n) is 5.16. The molecule has 2 heterocycles. The van der Waals surface area contributed by atoms with Crippen LogP contribution in [0, 0.1) is 0 Å². The van der Waals surface area contributed by atoms with Crippen LogP contribution in [0.15, 0.2) is 85.1 Å². The molecule has 0 atom stereocenters. The van der Waals surface area contributed by atoms with Gasteiger partial charge in [-0.05, 0) is 35.9 Å². The lowest BCUT2D eigenvalue weighted by Crippen LogP contribution is -2.06. The van der Waals surface area contributed by atoms with Crippen LogP contribution in [0.2, 0.25) is 0 Å². The average molecular weight is 395 g/mol. The number of methoxy groups -OCH3 is 1. The van der Waals surface area contributed by atoms with Crippen LogP contribution in [-0.4, -0.2) is 28.5 Å². The van der Waals surface area contributed by atoms with E-state index < -0.39 is 0 Å². The van der Waals surface area contributed by atoms with Gasteiger partial charge in [0.05, 0.1) is 30.3 Å². The molecule has 0 saturated carbocycles. The van der Waals surface area contributed by atoms with Gasteiger partial charge < -0.3 is 9.47 Å². The van der Waals surface area contributed by atoms with Crippen LogP contribution in [0.25, 0.3) is 27.5 Å². The molecule has 0 saturated heterocycles. The van der Waals surface area contributed by atoms with Gasteiger partial charge in [-0.1, -0.05) is 48.5 Å². The smallest absolute Gasteiger partial charge is 0.226 e. The van der Waals surface area contributed by atoms with Gasteiger partial charge in [0.2, 0.25) is 5.88 Å². The van der Waals surface area contributed by atoms with Crippen LogP contribution >= 0.6 is 0 Å². The lowest BCUT2D eigenvalue weighted by atomic mass is 10.1. The zero-order valence-corrected chi connectivity index (χ0v) is 16.7. The van der Waals surface area contributed by atoms with Crippen molar-refractivity contribution < 1.29 is 9.47 Å². The molecule has 2 aromatic heterocycles. The summed E-state index contributed by atoms with van der Waals surface area (Å²) in [5, 5.41) is 6.81. The van der Waals surface area contributed by atoms with Gasteiger partial charge in [-0.2, -0.15) is 9.78 Å². The lowest BCUT2D eigenvalue weighted by molar-refractivity contribution is 0.303. The predicted molar refractivity (Wildman–Crippen MR) is 119 cm³/mol. The number of benzene rings is 3. The summed E-state index contributed by atoms with van der Waals surface area (Å²) in [6.07, 6.45) is 2.67. The summed E-state index contributed by atoms with van der Waals surface area (Å²) in [4.78, 5) is 4.62. The molecular weight excluding hydrogens is 374 g/mol. The molecular formula is C25H21N3O2. The summed E-state index contributed by atoms with van der Waals surface area (Å²) in [6.45, 7) is 0.549. The highest BCUT2D eigenvalue weighted by Crippen LogP contribution is 2.32. The molecule has 0 N–H and O–H groups in total. The SMILES string of the molecule is COc1ccc(-n2nc3c(cnc4ccccc43)c2OCCc2ccccc2)cc1. The highest BCUT2D eigenvalue weighted by atomic mass is 16.5. The second-order valence-corrected chi connectivity index (χ2v) is 7.04. The first-order chi connectivity index (χ1) is 14.8. The van der Waals surface area contributed by atoms with E-state index in [1.54, 1.807) is 7.11 Å². The molecule has 0 spiro atoms. The van der Waals surface area contributed by atoms with E-state index in [2.05, 4.69) is 17.1 Å². The van der Waals surface area contributed by atoms with Crippen LogP contribution in [0.5, 0.6) is 11.6 Å². The second-order valence-electron chi connectivity index (χ2n) is 7.04. The third kappa shape index (κ3) is 3.35. The fourth-order valence-electron chi connectivity index (χ4n) is 3.60. The van der Waals surface area contributed by atoms with Gasteiger partial charge in [0.1, 0.15) is 11.3 Å². The number of pyridine rings is 1. The highest BCUT2D eigenvalue weighted by Gasteiger charge is 2.17. The summed E-state index contributed by atoms with van der Waals surface area (Å²) in [5.41, 5.74) is 3.94. The maximum absolute atomic E-state index is 6.28. The summed E-state index contributed by atoms with van der Waals surface area (Å²) >= 11 is 0. The molecule has 5 nitrogen and oxygen atoms in total. The largest absolute Gasteiger partial charge is 0.497 e. The van der Waals surface area contributed by atoms with E-state index in [0.29, 0.717) is 12.5 Å². The molecule has 5 heteroatoms. The average Bonchev–Trinajstić information content (AvgIpc) is 3.19. The molecule has 0 radical (unpaired) electrons. The summed E-state index contributed by atoms with van der Waals surface area (Å²) < 4.78 is 13.4. The van der Waals surface area contributed by atoms with E-state index in [1.165, 1.54) is 5.56 Å². The molecule has 0 fully saturated rings. The van der Waals surface area contributed by atoms with E-state index >= 15 is 0 Å². The Balaban J connectivity index is 1.58. The minimum Gasteiger partial charge on any atom is -0.497 e. The van der Waals surface area contributed by atoms with Crippen LogP contribution < -0.4 is 9.47 Å². The van der Waals surface area contributed by atoms with E-state index in [9.17, 15) is 0 Å². The first-order valence-corrected chi connectivity index (χ1v) is 9.91. The van der Waals surface area contributed by atoms with Gasteiger partial charge in [0.25, 0.3) is 0 Å². The van der Waals surface area contributed by atoms with Crippen molar-refractivity contribution in [2.75, 3.05) is 13.7 Å². The maximum Gasteiger partial charge on any atom is 0.226 e. The molecule has 0 amide bonds. The molecule has 30 heavy (non-hydrogen) atoms. The number of aromatic nitrogens is 3. The van der Waals surface area contributed by atoms with Crippen molar-refractivity contribution in [3.63, 3.8) is 0 Å². The Morgan fingerprint density at radius 2 is 1.60 bits per heavy atom. The van der Waals surface area contributed by atoms with Crippen LogP contribution in [-0.2, 0) is 6.42 Å². The zero-order chi connectivity index (χ0) is 20.3. The summed E-state index contributed by atoms with van der Waals surface area (Å²) in [6, 6.07) is 26.2. The maximum atomic E-state index is 6.28. The molecule has 0 unspecified atom stereocenters. The predicted octanol–water partition coefficient (Wildman–Crippen LogP) is 5.20. The molecule has 0 aliphatic rings. The van der Waals surface area contributed by atoms with Gasteiger partial charge in [0.15, 0.2) is 0 Å². The van der Waals surface area contributed by atoms with Crippen molar-refractivity contribution in [3.8, 4) is 17.3 Å². The Morgan fingerprint density at radius 3 is 2.40 bits per heavy atom. The van der Waals surface area contributed by atoms with Crippen molar-refractivity contribution in [2.24, 2.45) is 0 Å². The number of rotatable bonds is 6. The fraction of sp³-hybridized carbons (Fsp3) is 0.120. The molecule has 5 rings (SSSR count). The number of hydrogen-bond acceptors (Lipinski definition) is 4. The number of nitrogens with zero attached hydrogens (tertiary/aromatic N) is 3. The molecule has 0 bridgehead atoms. The lowest BCUT2D eigenvalue weighted by Gasteiger charge is -2.10. The molecule has 0 aliphatic carbocycles. The van der Waals surface area contributed by atoms with Crippen LogP contribution in [0.4, 0.5) is 0 Å². The fourth-order valence-corrected chi connectivity index (χ4v) is 3.60. The molecule has 5 aromatic rings. The summed E-state index contributed by atoms with van der Waals surface area (Å²) in [5.74, 6) is 1.50. The minimum absolute atomic E-state index is 0.549. The Kier molecular flexibility index (Phi) is 4.77. The van der Waals surface area contributed by atoms with E-state index in [-0.39, 0.29) is 0 Å². The number of para-hydroxylation sites is 1. The highest BCUT2D eigenvalue weighted by molar-refractivity contribution is 6.05. The van der Waals surface area contributed by atoms with Crippen molar-refractivity contribution >= 4 is 21.8 Å². The van der Waals surface area contributed by atoms with Gasteiger partial charge in [-0.3, -0.25) is 4.98 Å². The van der Waals surface area contributed by atoms with Crippen molar-refractivity contribution in [1.29, 1.82) is 0 Å². The second kappa shape index (κ2) is 7.87. The van der Waals surface area contributed by atoms with E-state index in [0.717, 1.165) is 39.7 Å². The van der Waals surface area contributed by atoms with E-state index in [4.69, 9.17) is 14.6 Å².